The highest BCUT2D eigenvalue weighted by atomic mass is 16.5. The molecule has 0 saturated carbocycles. The average Bonchev–Trinajstić information content (AvgIpc) is 3.18. The fourth-order valence-corrected chi connectivity index (χ4v) is 3.18. The van der Waals surface area contributed by atoms with Crippen molar-refractivity contribution in [3.05, 3.63) is 59.7 Å². The Morgan fingerprint density at radius 1 is 1.04 bits per heavy atom. The lowest BCUT2D eigenvalue weighted by atomic mass is 10.1. The number of likely N-dealkylation sites (tertiary alicyclic amines) is 1. The molecule has 4 heteroatoms. The van der Waals surface area contributed by atoms with Crippen molar-refractivity contribution in [3.8, 4) is 11.5 Å². The Kier molecular flexibility index (Phi) is 5.94. The first-order valence-corrected chi connectivity index (χ1v) is 8.88. The SMILES string of the molecule is COc1cccc(CC(=O)N2CCCC2)c1OCCc1ccccc1. The number of amides is 1. The maximum absolute atomic E-state index is 12.5. The lowest BCUT2D eigenvalue weighted by molar-refractivity contribution is -0.129. The lowest BCUT2D eigenvalue weighted by Gasteiger charge is -2.18. The van der Waals surface area contributed by atoms with E-state index in [0.717, 1.165) is 37.9 Å². The Bertz CT molecular complexity index is 694. The van der Waals surface area contributed by atoms with Gasteiger partial charge in [-0.05, 0) is 24.5 Å². The monoisotopic (exact) mass is 339 g/mol. The summed E-state index contributed by atoms with van der Waals surface area (Å²) in [6.45, 7) is 2.29. The zero-order valence-electron chi connectivity index (χ0n) is 14.7. The van der Waals surface area contributed by atoms with E-state index in [1.54, 1.807) is 7.11 Å². The van der Waals surface area contributed by atoms with E-state index in [-0.39, 0.29) is 5.91 Å². The summed E-state index contributed by atoms with van der Waals surface area (Å²) >= 11 is 0. The van der Waals surface area contributed by atoms with Gasteiger partial charge in [-0.15, -0.1) is 0 Å². The van der Waals surface area contributed by atoms with Gasteiger partial charge in [0.05, 0.1) is 20.1 Å². The first-order chi connectivity index (χ1) is 12.3. The van der Waals surface area contributed by atoms with Gasteiger partial charge >= 0.3 is 0 Å². The fourth-order valence-electron chi connectivity index (χ4n) is 3.18. The highest BCUT2D eigenvalue weighted by Crippen LogP contribution is 2.32. The summed E-state index contributed by atoms with van der Waals surface area (Å²) in [5, 5.41) is 0. The molecule has 3 rings (SSSR count). The van der Waals surface area contributed by atoms with Gasteiger partial charge in [-0.25, -0.2) is 0 Å². The van der Waals surface area contributed by atoms with E-state index in [0.29, 0.717) is 24.5 Å². The molecular weight excluding hydrogens is 314 g/mol. The van der Waals surface area contributed by atoms with Gasteiger partial charge in [0, 0.05) is 25.1 Å². The molecule has 1 fully saturated rings. The Morgan fingerprint density at radius 2 is 1.80 bits per heavy atom. The van der Waals surface area contributed by atoms with Crippen molar-refractivity contribution in [2.75, 3.05) is 26.8 Å². The molecule has 1 saturated heterocycles. The van der Waals surface area contributed by atoms with Crippen LogP contribution in [0.5, 0.6) is 11.5 Å². The van der Waals surface area contributed by atoms with Gasteiger partial charge in [-0.3, -0.25) is 4.79 Å². The van der Waals surface area contributed by atoms with E-state index < -0.39 is 0 Å². The summed E-state index contributed by atoms with van der Waals surface area (Å²) in [6, 6.07) is 16.0. The molecule has 2 aromatic rings. The minimum Gasteiger partial charge on any atom is -0.493 e. The molecular formula is C21H25NO3. The van der Waals surface area contributed by atoms with Crippen molar-refractivity contribution in [1.29, 1.82) is 0 Å². The molecule has 132 valence electrons. The number of para-hydroxylation sites is 1. The van der Waals surface area contributed by atoms with Gasteiger partial charge < -0.3 is 14.4 Å². The van der Waals surface area contributed by atoms with Crippen LogP contribution in [0.2, 0.25) is 0 Å². The van der Waals surface area contributed by atoms with E-state index in [1.807, 2.05) is 41.3 Å². The Balaban J connectivity index is 1.68. The topological polar surface area (TPSA) is 38.8 Å². The maximum Gasteiger partial charge on any atom is 0.227 e. The van der Waals surface area contributed by atoms with Crippen LogP contribution in [-0.2, 0) is 17.6 Å². The lowest BCUT2D eigenvalue weighted by Crippen LogP contribution is -2.29. The zero-order chi connectivity index (χ0) is 17.5. The number of rotatable bonds is 7. The van der Waals surface area contributed by atoms with Gasteiger partial charge in [0.15, 0.2) is 11.5 Å². The van der Waals surface area contributed by atoms with Crippen molar-refractivity contribution in [2.24, 2.45) is 0 Å². The third-order valence-corrected chi connectivity index (χ3v) is 4.56. The molecule has 0 unspecified atom stereocenters. The van der Waals surface area contributed by atoms with Crippen LogP contribution in [0, 0.1) is 0 Å². The van der Waals surface area contributed by atoms with Gasteiger partial charge in [-0.1, -0.05) is 42.5 Å². The van der Waals surface area contributed by atoms with Crippen LogP contribution >= 0.6 is 0 Å². The summed E-state index contributed by atoms with van der Waals surface area (Å²) < 4.78 is 11.5. The minimum atomic E-state index is 0.165. The van der Waals surface area contributed by atoms with Crippen LogP contribution in [-0.4, -0.2) is 37.6 Å². The summed E-state index contributed by atoms with van der Waals surface area (Å²) in [5.41, 5.74) is 2.12. The molecule has 0 aliphatic carbocycles. The molecule has 0 radical (unpaired) electrons. The number of nitrogens with zero attached hydrogens (tertiary/aromatic N) is 1. The second-order valence-electron chi connectivity index (χ2n) is 6.30. The first-order valence-electron chi connectivity index (χ1n) is 8.88. The predicted molar refractivity (Wildman–Crippen MR) is 98.2 cm³/mol. The predicted octanol–water partition coefficient (Wildman–Crippen LogP) is 3.48. The summed E-state index contributed by atoms with van der Waals surface area (Å²) in [4.78, 5) is 14.4. The number of carbonyl (C=O) groups is 1. The zero-order valence-corrected chi connectivity index (χ0v) is 14.7. The molecule has 1 aliphatic heterocycles. The molecule has 2 aromatic carbocycles. The Morgan fingerprint density at radius 3 is 2.52 bits per heavy atom. The smallest absolute Gasteiger partial charge is 0.227 e. The summed E-state index contributed by atoms with van der Waals surface area (Å²) in [5.74, 6) is 1.53. The third-order valence-electron chi connectivity index (χ3n) is 4.56. The number of hydrogen-bond acceptors (Lipinski definition) is 3. The van der Waals surface area contributed by atoms with Crippen LogP contribution in [0.1, 0.15) is 24.0 Å². The number of ether oxygens (including phenoxy) is 2. The van der Waals surface area contributed by atoms with Crippen LogP contribution < -0.4 is 9.47 Å². The molecule has 1 amide bonds. The molecule has 0 bridgehead atoms. The van der Waals surface area contributed by atoms with Gasteiger partial charge in [0.2, 0.25) is 5.91 Å². The molecule has 4 nitrogen and oxygen atoms in total. The standard InChI is InChI=1S/C21H25NO3/c1-24-19-11-7-10-18(16-20(23)22-13-5-6-14-22)21(19)25-15-12-17-8-3-2-4-9-17/h2-4,7-11H,5-6,12-16H2,1H3. The van der Waals surface area contributed by atoms with Gasteiger partial charge in [0.1, 0.15) is 0 Å². The second kappa shape index (κ2) is 8.56. The Labute approximate surface area is 149 Å². The number of methoxy groups -OCH3 is 1. The van der Waals surface area contributed by atoms with Gasteiger partial charge in [0.25, 0.3) is 0 Å². The number of benzene rings is 2. The summed E-state index contributed by atoms with van der Waals surface area (Å²) in [7, 11) is 1.63. The van der Waals surface area contributed by atoms with Crippen molar-refractivity contribution < 1.29 is 14.3 Å². The largest absolute Gasteiger partial charge is 0.493 e. The van der Waals surface area contributed by atoms with Crippen molar-refractivity contribution in [3.63, 3.8) is 0 Å². The van der Waals surface area contributed by atoms with E-state index in [9.17, 15) is 4.79 Å². The molecule has 25 heavy (non-hydrogen) atoms. The van der Waals surface area contributed by atoms with Crippen molar-refractivity contribution in [2.45, 2.75) is 25.7 Å². The molecule has 1 aliphatic rings. The van der Waals surface area contributed by atoms with E-state index in [2.05, 4.69) is 12.1 Å². The summed E-state index contributed by atoms with van der Waals surface area (Å²) in [6.07, 6.45) is 3.38. The minimum absolute atomic E-state index is 0.165. The van der Waals surface area contributed by atoms with Crippen LogP contribution in [0.25, 0.3) is 0 Å². The highest BCUT2D eigenvalue weighted by molar-refractivity contribution is 5.80. The molecule has 1 heterocycles. The highest BCUT2D eigenvalue weighted by Gasteiger charge is 2.20. The quantitative estimate of drug-likeness (QED) is 0.775. The molecule has 0 atom stereocenters. The average molecular weight is 339 g/mol. The van der Waals surface area contributed by atoms with E-state index >= 15 is 0 Å². The molecule has 0 spiro atoms. The number of hydrogen-bond donors (Lipinski definition) is 0. The fraction of sp³-hybridized carbons (Fsp3) is 0.381. The molecule has 0 N–H and O–H groups in total. The maximum atomic E-state index is 12.5. The first kappa shape index (κ1) is 17.3. The molecule has 0 aromatic heterocycles. The van der Waals surface area contributed by atoms with Crippen molar-refractivity contribution in [1.82, 2.24) is 4.90 Å². The van der Waals surface area contributed by atoms with Crippen LogP contribution in [0.3, 0.4) is 0 Å². The van der Waals surface area contributed by atoms with Crippen molar-refractivity contribution >= 4 is 5.91 Å². The third kappa shape index (κ3) is 4.53. The van der Waals surface area contributed by atoms with E-state index in [1.165, 1.54) is 5.56 Å². The van der Waals surface area contributed by atoms with Crippen LogP contribution in [0.15, 0.2) is 48.5 Å². The van der Waals surface area contributed by atoms with E-state index in [4.69, 9.17) is 9.47 Å². The second-order valence-corrected chi connectivity index (χ2v) is 6.30. The normalized spacial score (nSPS) is 13.7. The Hall–Kier alpha value is -2.49. The van der Waals surface area contributed by atoms with Gasteiger partial charge in [-0.2, -0.15) is 0 Å². The number of carbonyl (C=O) groups excluding carboxylic acids is 1. The van der Waals surface area contributed by atoms with Crippen LogP contribution in [0.4, 0.5) is 0 Å².